The molecule has 0 bridgehead atoms. The van der Waals surface area contributed by atoms with Crippen molar-refractivity contribution in [3.63, 3.8) is 0 Å². The molecule has 2 rings (SSSR count). The van der Waals surface area contributed by atoms with E-state index in [-0.39, 0.29) is 5.69 Å². The highest BCUT2D eigenvalue weighted by atomic mass is 16.6. The number of nitro benzene ring substituents is 1. The number of benzene rings is 1. The van der Waals surface area contributed by atoms with Gasteiger partial charge in [0.15, 0.2) is 0 Å². The van der Waals surface area contributed by atoms with Gasteiger partial charge in [-0.25, -0.2) is 4.98 Å². The maximum absolute atomic E-state index is 10.8. The summed E-state index contributed by atoms with van der Waals surface area (Å²) in [4.78, 5) is 14.4. The molecule has 0 atom stereocenters. The first-order valence-electron chi connectivity index (χ1n) is 5.62. The normalized spacial score (nSPS) is 10.2. The number of aromatic nitrogens is 1. The number of hydrogen-bond acceptors (Lipinski definition) is 5. The van der Waals surface area contributed by atoms with E-state index in [1.165, 1.54) is 12.3 Å². The van der Waals surface area contributed by atoms with Crippen molar-refractivity contribution in [2.45, 2.75) is 13.8 Å². The summed E-state index contributed by atoms with van der Waals surface area (Å²) in [6.07, 6.45) is 1.54. The van der Waals surface area contributed by atoms with Crippen LogP contribution in [0.2, 0.25) is 0 Å². The molecule has 98 valence electrons. The monoisotopic (exact) mass is 259 g/mol. The summed E-state index contributed by atoms with van der Waals surface area (Å²) >= 11 is 0. The third-order valence-electron chi connectivity index (χ3n) is 2.66. The molecule has 2 aromatic rings. The molecule has 0 aliphatic heterocycles. The van der Waals surface area contributed by atoms with E-state index in [1.54, 1.807) is 32.0 Å². The number of nitrogens with zero attached hydrogens (tertiary/aromatic N) is 2. The zero-order chi connectivity index (χ0) is 14.0. The highest BCUT2D eigenvalue weighted by Gasteiger charge is 2.14. The van der Waals surface area contributed by atoms with Gasteiger partial charge in [0, 0.05) is 29.6 Å². The molecule has 0 aliphatic rings. The van der Waals surface area contributed by atoms with Crippen LogP contribution in [0.15, 0.2) is 30.5 Å². The molecule has 0 saturated carbocycles. The van der Waals surface area contributed by atoms with Crippen molar-refractivity contribution in [2.24, 2.45) is 0 Å². The number of hydrogen-bond donors (Lipinski definition) is 1. The van der Waals surface area contributed by atoms with Crippen LogP contribution in [-0.4, -0.2) is 9.91 Å². The van der Waals surface area contributed by atoms with Gasteiger partial charge >= 0.3 is 0 Å². The van der Waals surface area contributed by atoms with Gasteiger partial charge in [-0.1, -0.05) is 0 Å². The lowest BCUT2D eigenvalue weighted by Crippen LogP contribution is -1.96. The Hall–Kier alpha value is -2.63. The average Bonchev–Trinajstić information content (AvgIpc) is 2.33. The third kappa shape index (κ3) is 2.79. The zero-order valence-corrected chi connectivity index (χ0v) is 10.6. The summed E-state index contributed by atoms with van der Waals surface area (Å²) in [5.74, 6) is 0.887. The molecule has 0 amide bonds. The number of anilines is 1. The topological polar surface area (TPSA) is 91.3 Å². The molecular weight excluding hydrogens is 246 g/mol. The molecule has 1 aromatic heterocycles. The predicted octanol–water partition coefficient (Wildman–Crippen LogP) is 2.98. The standard InChI is InChI=1S/C13H13N3O3/c1-8-6-12(9(2)5-11(8)16(17)18)19-13-7-10(14)3-4-15-13/h3-7H,1-2H3,(H2,14,15). The second-order valence-corrected chi connectivity index (χ2v) is 4.19. The van der Waals surface area contributed by atoms with Gasteiger partial charge in [0.2, 0.25) is 5.88 Å². The average molecular weight is 259 g/mol. The van der Waals surface area contributed by atoms with Crippen LogP contribution in [0.3, 0.4) is 0 Å². The summed E-state index contributed by atoms with van der Waals surface area (Å²) in [7, 11) is 0. The lowest BCUT2D eigenvalue weighted by atomic mass is 10.1. The summed E-state index contributed by atoms with van der Waals surface area (Å²) in [6.45, 7) is 3.41. The fraction of sp³-hybridized carbons (Fsp3) is 0.154. The fourth-order valence-corrected chi connectivity index (χ4v) is 1.67. The molecule has 2 N–H and O–H groups in total. The van der Waals surface area contributed by atoms with E-state index in [0.717, 1.165) is 0 Å². The Kier molecular flexibility index (Phi) is 3.33. The first kappa shape index (κ1) is 12.8. The van der Waals surface area contributed by atoms with Gasteiger partial charge in [-0.15, -0.1) is 0 Å². The quantitative estimate of drug-likeness (QED) is 0.675. The van der Waals surface area contributed by atoms with E-state index in [4.69, 9.17) is 10.5 Å². The van der Waals surface area contributed by atoms with Gasteiger partial charge in [-0.2, -0.15) is 0 Å². The maximum Gasteiger partial charge on any atom is 0.272 e. The Morgan fingerprint density at radius 1 is 1.26 bits per heavy atom. The molecule has 6 nitrogen and oxygen atoms in total. The number of nitro groups is 1. The number of rotatable bonds is 3. The molecule has 0 spiro atoms. The molecule has 0 unspecified atom stereocenters. The van der Waals surface area contributed by atoms with E-state index in [9.17, 15) is 10.1 Å². The molecule has 0 aliphatic carbocycles. The van der Waals surface area contributed by atoms with E-state index >= 15 is 0 Å². The van der Waals surface area contributed by atoms with Crippen LogP contribution >= 0.6 is 0 Å². The summed E-state index contributed by atoms with van der Waals surface area (Å²) in [5.41, 5.74) is 7.46. The smallest absolute Gasteiger partial charge is 0.272 e. The lowest BCUT2D eigenvalue weighted by molar-refractivity contribution is -0.385. The number of ether oxygens (including phenoxy) is 1. The van der Waals surface area contributed by atoms with Gasteiger partial charge in [0.1, 0.15) is 5.75 Å². The van der Waals surface area contributed by atoms with Crippen LogP contribution in [0.25, 0.3) is 0 Å². The second kappa shape index (κ2) is 4.93. The maximum atomic E-state index is 10.8. The minimum atomic E-state index is -0.412. The van der Waals surface area contributed by atoms with Crippen molar-refractivity contribution in [3.8, 4) is 11.6 Å². The highest BCUT2D eigenvalue weighted by molar-refractivity contribution is 5.50. The van der Waals surface area contributed by atoms with Gasteiger partial charge in [-0.05, 0) is 31.5 Å². The Labute approximate surface area is 110 Å². The van der Waals surface area contributed by atoms with E-state index in [1.807, 2.05) is 0 Å². The Morgan fingerprint density at radius 3 is 2.63 bits per heavy atom. The third-order valence-corrected chi connectivity index (χ3v) is 2.66. The van der Waals surface area contributed by atoms with Crippen LogP contribution in [0, 0.1) is 24.0 Å². The number of pyridine rings is 1. The summed E-state index contributed by atoms with van der Waals surface area (Å²) in [5, 5.41) is 10.8. The van der Waals surface area contributed by atoms with Crippen molar-refractivity contribution in [3.05, 3.63) is 51.7 Å². The Bertz CT molecular complexity index is 641. The first-order valence-corrected chi connectivity index (χ1v) is 5.62. The molecule has 0 fully saturated rings. The van der Waals surface area contributed by atoms with E-state index < -0.39 is 4.92 Å². The minimum absolute atomic E-state index is 0.0744. The molecule has 19 heavy (non-hydrogen) atoms. The van der Waals surface area contributed by atoms with Crippen LogP contribution in [0.4, 0.5) is 11.4 Å². The number of aryl methyl sites for hydroxylation is 2. The molecular formula is C13H13N3O3. The van der Waals surface area contributed by atoms with Gasteiger partial charge in [-0.3, -0.25) is 10.1 Å². The Balaban J connectivity index is 2.36. The summed E-state index contributed by atoms with van der Waals surface area (Å²) in [6, 6.07) is 6.35. The number of nitrogens with two attached hydrogens (primary N) is 1. The van der Waals surface area contributed by atoms with Crippen LogP contribution in [-0.2, 0) is 0 Å². The van der Waals surface area contributed by atoms with Gasteiger partial charge < -0.3 is 10.5 Å². The van der Waals surface area contributed by atoms with Crippen LogP contribution < -0.4 is 10.5 Å². The molecule has 6 heteroatoms. The minimum Gasteiger partial charge on any atom is -0.439 e. The van der Waals surface area contributed by atoms with Gasteiger partial charge in [0.25, 0.3) is 5.69 Å². The largest absolute Gasteiger partial charge is 0.439 e. The highest BCUT2D eigenvalue weighted by Crippen LogP contribution is 2.30. The van der Waals surface area contributed by atoms with Crippen LogP contribution in [0.5, 0.6) is 11.6 Å². The summed E-state index contributed by atoms with van der Waals surface area (Å²) < 4.78 is 5.59. The van der Waals surface area contributed by atoms with E-state index in [0.29, 0.717) is 28.4 Å². The zero-order valence-electron chi connectivity index (χ0n) is 10.6. The SMILES string of the molecule is Cc1cc([N+](=O)[O-])c(C)cc1Oc1cc(N)ccn1. The molecule has 1 heterocycles. The lowest BCUT2D eigenvalue weighted by Gasteiger charge is -2.09. The molecule has 0 saturated heterocycles. The van der Waals surface area contributed by atoms with Crippen molar-refractivity contribution in [1.29, 1.82) is 0 Å². The molecule has 0 radical (unpaired) electrons. The Morgan fingerprint density at radius 2 is 2.00 bits per heavy atom. The second-order valence-electron chi connectivity index (χ2n) is 4.19. The van der Waals surface area contributed by atoms with Crippen molar-refractivity contribution >= 4 is 11.4 Å². The van der Waals surface area contributed by atoms with E-state index in [2.05, 4.69) is 4.98 Å². The van der Waals surface area contributed by atoms with Gasteiger partial charge in [0.05, 0.1) is 4.92 Å². The van der Waals surface area contributed by atoms with Crippen LogP contribution in [0.1, 0.15) is 11.1 Å². The van der Waals surface area contributed by atoms with Crippen molar-refractivity contribution in [1.82, 2.24) is 4.98 Å². The fourth-order valence-electron chi connectivity index (χ4n) is 1.67. The van der Waals surface area contributed by atoms with Crippen molar-refractivity contribution in [2.75, 3.05) is 5.73 Å². The number of nitrogen functional groups attached to an aromatic ring is 1. The predicted molar refractivity (Wildman–Crippen MR) is 71.3 cm³/mol. The first-order chi connectivity index (χ1) is 8.97. The van der Waals surface area contributed by atoms with Crippen molar-refractivity contribution < 1.29 is 9.66 Å². The molecule has 1 aromatic carbocycles.